The molecule has 2 aliphatic rings. The zero-order chi connectivity index (χ0) is 17.3. The lowest BCUT2D eigenvalue weighted by atomic mass is 9.96. The second-order valence-corrected chi connectivity index (χ2v) is 7.48. The van der Waals surface area contributed by atoms with E-state index >= 15 is 0 Å². The normalized spacial score (nSPS) is 22.0. The number of benzene rings is 1. The number of hydrogen-bond donors (Lipinski definition) is 1. The van der Waals surface area contributed by atoms with Crippen LogP contribution in [0.2, 0.25) is 0 Å². The van der Waals surface area contributed by atoms with Gasteiger partial charge in [-0.05, 0) is 55.9 Å². The number of rotatable bonds is 4. The van der Waals surface area contributed by atoms with Crippen LogP contribution < -0.4 is 10.2 Å². The van der Waals surface area contributed by atoms with Crippen LogP contribution in [-0.2, 0) is 9.59 Å². The van der Waals surface area contributed by atoms with Gasteiger partial charge in [0, 0.05) is 38.6 Å². The molecule has 0 radical (unpaired) electrons. The Hall–Kier alpha value is -2.04. The third-order valence-electron chi connectivity index (χ3n) is 5.18. The van der Waals surface area contributed by atoms with Crippen LogP contribution >= 0.6 is 0 Å². The van der Waals surface area contributed by atoms with E-state index in [4.69, 9.17) is 0 Å². The molecule has 1 heterocycles. The predicted molar refractivity (Wildman–Crippen MR) is 96.0 cm³/mol. The number of hydrogen-bond acceptors (Lipinski definition) is 3. The first kappa shape index (κ1) is 16.8. The summed E-state index contributed by atoms with van der Waals surface area (Å²) >= 11 is 0. The molecular formula is C19H27N3O2. The van der Waals surface area contributed by atoms with Crippen LogP contribution in [0, 0.1) is 11.3 Å². The number of carbonyl (C=O) groups excluding carboxylic acids is 2. The predicted octanol–water partition coefficient (Wildman–Crippen LogP) is 2.73. The monoisotopic (exact) mass is 329 g/mol. The highest BCUT2D eigenvalue weighted by atomic mass is 16.2. The van der Waals surface area contributed by atoms with Crippen molar-refractivity contribution in [2.24, 2.45) is 11.3 Å². The molecule has 1 aliphatic carbocycles. The molecule has 1 saturated heterocycles. The quantitative estimate of drug-likeness (QED) is 0.864. The van der Waals surface area contributed by atoms with Gasteiger partial charge < -0.3 is 15.1 Å². The van der Waals surface area contributed by atoms with E-state index in [0.29, 0.717) is 18.8 Å². The Morgan fingerprint density at radius 1 is 1.21 bits per heavy atom. The third kappa shape index (κ3) is 3.25. The number of anilines is 2. The lowest BCUT2D eigenvalue weighted by molar-refractivity contribution is -0.143. The molecule has 0 bridgehead atoms. The fraction of sp³-hybridized carbons (Fsp3) is 0.579. The molecule has 1 aromatic carbocycles. The second kappa shape index (κ2) is 6.46. The van der Waals surface area contributed by atoms with Crippen molar-refractivity contribution in [1.82, 2.24) is 4.90 Å². The summed E-state index contributed by atoms with van der Waals surface area (Å²) in [5.41, 5.74) is 1.00. The fourth-order valence-corrected chi connectivity index (χ4v) is 3.43. The van der Waals surface area contributed by atoms with Gasteiger partial charge in [0.2, 0.25) is 11.8 Å². The van der Waals surface area contributed by atoms with E-state index in [2.05, 4.69) is 12.2 Å². The average molecular weight is 329 g/mol. The van der Waals surface area contributed by atoms with Gasteiger partial charge in [-0.1, -0.05) is 6.92 Å². The third-order valence-corrected chi connectivity index (χ3v) is 5.18. The van der Waals surface area contributed by atoms with Crippen molar-refractivity contribution < 1.29 is 9.59 Å². The molecule has 1 saturated carbocycles. The summed E-state index contributed by atoms with van der Waals surface area (Å²) in [5, 5.41) is 2.94. The Labute approximate surface area is 144 Å². The molecule has 1 aliphatic heterocycles. The number of piperidine rings is 1. The van der Waals surface area contributed by atoms with Crippen LogP contribution in [0.1, 0.15) is 32.6 Å². The first-order valence-corrected chi connectivity index (χ1v) is 8.80. The highest BCUT2D eigenvalue weighted by molar-refractivity contribution is 6.13. The molecule has 24 heavy (non-hydrogen) atoms. The summed E-state index contributed by atoms with van der Waals surface area (Å²) in [6, 6.07) is 7.69. The summed E-state index contributed by atoms with van der Waals surface area (Å²) in [6.45, 7) is 3.74. The largest absolute Gasteiger partial charge is 0.378 e. The van der Waals surface area contributed by atoms with Crippen molar-refractivity contribution in [2.75, 3.05) is 37.4 Å². The first-order chi connectivity index (χ1) is 11.4. The summed E-state index contributed by atoms with van der Waals surface area (Å²) < 4.78 is 0. The van der Waals surface area contributed by atoms with Gasteiger partial charge in [-0.25, -0.2) is 0 Å². The molecule has 1 unspecified atom stereocenters. The van der Waals surface area contributed by atoms with E-state index in [1.54, 1.807) is 0 Å². The van der Waals surface area contributed by atoms with Gasteiger partial charge in [0.25, 0.3) is 0 Å². The van der Waals surface area contributed by atoms with E-state index in [1.165, 1.54) is 6.42 Å². The highest BCUT2D eigenvalue weighted by Gasteiger charge is 2.58. The van der Waals surface area contributed by atoms with E-state index < -0.39 is 5.41 Å². The van der Waals surface area contributed by atoms with Gasteiger partial charge in [0.15, 0.2) is 0 Å². The summed E-state index contributed by atoms with van der Waals surface area (Å²) in [4.78, 5) is 29.5. The average Bonchev–Trinajstić information content (AvgIpc) is 3.36. The van der Waals surface area contributed by atoms with Gasteiger partial charge in [-0.3, -0.25) is 9.59 Å². The Morgan fingerprint density at radius 3 is 2.42 bits per heavy atom. The minimum atomic E-state index is -0.822. The molecule has 1 aromatic rings. The Kier molecular flexibility index (Phi) is 4.52. The van der Waals surface area contributed by atoms with Crippen LogP contribution in [0.5, 0.6) is 0 Å². The minimum Gasteiger partial charge on any atom is -0.378 e. The van der Waals surface area contributed by atoms with Crippen molar-refractivity contribution in [2.45, 2.75) is 32.6 Å². The van der Waals surface area contributed by atoms with E-state index in [-0.39, 0.29) is 11.8 Å². The van der Waals surface area contributed by atoms with E-state index in [1.807, 2.05) is 48.2 Å². The molecule has 2 fully saturated rings. The maximum absolute atomic E-state index is 12.9. The van der Waals surface area contributed by atoms with Crippen LogP contribution in [0.25, 0.3) is 0 Å². The van der Waals surface area contributed by atoms with E-state index in [9.17, 15) is 9.59 Å². The molecule has 0 aromatic heterocycles. The topological polar surface area (TPSA) is 52.7 Å². The first-order valence-electron chi connectivity index (χ1n) is 8.80. The molecule has 1 atom stereocenters. The number of likely N-dealkylation sites (tertiary alicyclic amines) is 1. The summed E-state index contributed by atoms with van der Waals surface area (Å²) in [5.74, 6) is 0.403. The molecule has 5 heteroatoms. The molecule has 3 rings (SSSR count). The van der Waals surface area contributed by atoms with Gasteiger partial charge in [0.05, 0.1) is 0 Å². The van der Waals surface area contributed by atoms with Crippen LogP contribution in [-0.4, -0.2) is 43.9 Å². The maximum atomic E-state index is 12.9. The van der Waals surface area contributed by atoms with Crippen LogP contribution in [0.4, 0.5) is 11.4 Å². The molecule has 0 spiro atoms. The van der Waals surface area contributed by atoms with E-state index in [0.717, 1.165) is 30.9 Å². The maximum Gasteiger partial charge on any atom is 0.240 e. The van der Waals surface area contributed by atoms with Gasteiger partial charge >= 0.3 is 0 Å². The SMILES string of the molecule is CC1CCCN(C(=O)C2(C(=O)Nc3ccc(N(C)C)cc3)CC2)C1. The zero-order valence-corrected chi connectivity index (χ0v) is 14.8. The van der Waals surface area contributed by atoms with Crippen molar-refractivity contribution >= 4 is 23.2 Å². The molecule has 5 nitrogen and oxygen atoms in total. The Morgan fingerprint density at radius 2 is 1.88 bits per heavy atom. The lowest BCUT2D eigenvalue weighted by Gasteiger charge is -2.33. The van der Waals surface area contributed by atoms with Gasteiger partial charge in [0.1, 0.15) is 5.41 Å². The number of nitrogens with one attached hydrogen (secondary N) is 1. The number of carbonyl (C=O) groups is 2. The van der Waals surface area contributed by atoms with Crippen LogP contribution in [0.3, 0.4) is 0 Å². The zero-order valence-electron chi connectivity index (χ0n) is 14.8. The smallest absolute Gasteiger partial charge is 0.240 e. The minimum absolute atomic E-state index is 0.0245. The van der Waals surface area contributed by atoms with Crippen molar-refractivity contribution in [3.05, 3.63) is 24.3 Å². The molecule has 2 amide bonds. The standard InChI is InChI=1S/C19H27N3O2/c1-14-5-4-12-22(13-14)18(24)19(10-11-19)17(23)20-15-6-8-16(9-7-15)21(2)3/h6-9,14H,4-5,10-13H2,1-3H3,(H,20,23). The Balaban J connectivity index is 1.66. The Bertz CT molecular complexity index is 620. The van der Waals surface area contributed by atoms with Crippen LogP contribution in [0.15, 0.2) is 24.3 Å². The number of amides is 2. The fourth-order valence-electron chi connectivity index (χ4n) is 3.43. The lowest BCUT2D eigenvalue weighted by Crippen LogP contribution is -2.46. The van der Waals surface area contributed by atoms with Gasteiger partial charge in [-0.15, -0.1) is 0 Å². The van der Waals surface area contributed by atoms with Crippen molar-refractivity contribution in [3.63, 3.8) is 0 Å². The molecule has 130 valence electrons. The van der Waals surface area contributed by atoms with Crippen molar-refractivity contribution in [3.8, 4) is 0 Å². The van der Waals surface area contributed by atoms with Crippen molar-refractivity contribution in [1.29, 1.82) is 0 Å². The summed E-state index contributed by atoms with van der Waals surface area (Å²) in [6.07, 6.45) is 3.54. The molecular weight excluding hydrogens is 302 g/mol. The van der Waals surface area contributed by atoms with Gasteiger partial charge in [-0.2, -0.15) is 0 Å². The highest BCUT2D eigenvalue weighted by Crippen LogP contribution is 2.48. The number of nitrogens with zero attached hydrogens (tertiary/aromatic N) is 2. The summed E-state index contributed by atoms with van der Waals surface area (Å²) in [7, 11) is 3.95. The molecule has 1 N–H and O–H groups in total. The second-order valence-electron chi connectivity index (χ2n) is 7.48.